The van der Waals surface area contributed by atoms with Crippen LogP contribution in [0.15, 0.2) is 53.3 Å². The first-order valence-electron chi connectivity index (χ1n) is 8.85. The van der Waals surface area contributed by atoms with Crippen molar-refractivity contribution in [1.29, 1.82) is 5.26 Å². The SMILES string of the molecule is Cc1c(C(=O)COc2ccccc2Cl)c(O)n(Cc2ccccc2Cl)c(=O)c1C#N. The lowest BCUT2D eigenvalue weighted by molar-refractivity contribution is 0.0916. The van der Waals surface area contributed by atoms with Crippen LogP contribution < -0.4 is 10.3 Å². The van der Waals surface area contributed by atoms with E-state index in [1.807, 2.05) is 6.07 Å². The minimum Gasteiger partial charge on any atom is -0.494 e. The molecular weight excluding hydrogens is 427 g/mol. The number of hydrogen-bond acceptors (Lipinski definition) is 5. The third kappa shape index (κ3) is 4.18. The molecule has 0 bridgehead atoms. The summed E-state index contributed by atoms with van der Waals surface area (Å²) < 4.78 is 6.41. The molecule has 0 amide bonds. The normalized spacial score (nSPS) is 10.5. The Labute approximate surface area is 182 Å². The quantitative estimate of drug-likeness (QED) is 0.572. The van der Waals surface area contributed by atoms with Crippen molar-refractivity contribution >= 4 is 29.0 Å². The highest BCUT2D eigenvalue weighted by Crippen LogP contribution is 2.27. The van der Waals surface area contributed by atoms with E-state index in [9.17, 15) is 20.0 Å². The summed E-state index contributed by atoms with van der Waals surface area (Å²) in [5.41, 5.74) is -0.472. The number of aromatic nitrogens is 1. The van der Waals surface area contributed by atoms with E-state index >= 15 is 0 Å². The number of ether oxygens (including phenoxy) is 1. The first kappa shape index (κ1) is 21.4. The highest BCUT2D eigenvalue weighted by molar-refractivity contribution is 6.32. The monoisotopic (exact) mass is 442 g/mol. The van der Waals surface area contributed by atoms with Crippen LogP contribution in [0.1, 0.15) is 27.0 Å². The van der Waals surface area contributed by atoms with Gasteiger partial charge in [0.05, 0.1) is 17.1 Å². The van der Waals surface area contributed by atoms with Crippen LogP contribution in [0.25, 0.3) is 0 Å². The summed E-state index contributed by atoms with van der Waals surface area (Å²) in [6.45, 7) is 0.889. The zero-order valence-corrected chi connectivity index (χ0v) is 17.4. The number of nitrogens with zero attached hydrogens (tertiary/aromatic N) is 2. The van der Waals surface area contributed by atoms with Gasteiger partial charge in [0, 0.05) is 5.02 Å². The predicted molar refractivity (Wildman–Crippen MR) is 114 cm³/mol. The van der Waals surface area contributed by atoms with Crippen molar-refractivity contribution in [2.45, 2.75) is 13.5 Å². The van der Waals surface area contributed by atoms with E-state index in [0.717, 1.165) is 4.57 Å². The van der Waals surface area contributed by atoms with Crippen molar-refractivity contribution in [1.82, 2.24) is 4.57 Å². The molecule has 0 saturated carbocycles. The average molecular weight is 443 g/mol. The number of benzene rings is 2. The Morgan fingerprint density at radius 1 is 1.13 bits per heavy atom. The second-order valence-corrected chi connectivity index (χ2v) is 7.25. The number of aromatic hydroxyl groups is 1. The fraction of sp³-hybridized carbons (Fsp3) is 0.136. The number of hydrogen-bond donors (Lipinski definition) is 1. The van der Waals surface area contributed by atoms with Crippen molar-refractivity contribution in [3.05, 3.63) is 91.2 Å². The summed E-state index contributed by atoms with van der Waals surface area (Å²) >= 11 is 12.2. The van der Waals surface area contributed by atoms with Crippen LogP contribution in [0.4, 0.5) is 0 Å². The maximum Gasteiger partial charge on any atom is 0.271 e. The van der Waals surface area contributed by atoms with Gasteiger partial charge in [-0.3, -0.25) is 14.2 Å². The zero-order valence-electron chi connectivity index (χ0n) is 15.9. The largest absolute Gasteiger partial charge is 0.494 e. The summed E-state index contributed by atoms with van der Waals surface area (Å²) in [7, 11) is 0. The van der Waals surface area contributed by atoms with Crippen molar-refractivity contribution in [2.24, 2.45) is 0 Å². The van der Waals surface area contributed by atoms with Crippen LogP contribution in [-0.4, -0.2) is 22.1 Å². The van der Waals surface area contributed by atoms with Crippen LogP contribution in [0.5, 0.6) is 11.6 Å². The number of rotatable bonds is 6. The summed E-state index contributed by atoms with van der Waals surface area (Å²) in [5.74, 6) is -0.854. The molecule has 30 heavy (non-hydrogen) atoms. The number of halogens is 2. The van der Waals surface area contributed by atoms with Crippen LogP contribution >= 0.6 is 23.2 Å². The smallest absolute Gasteiger partial charge is 0.271 e. The molecule has 152 valence electrons. The van der Waals surface area contributed by atoms with Gasteiger partial charge >= 0.3 is 0 Å². The Kier molecular flexibility index (Phi) is 6.46. The van der Waals surface area contributed by atoms with Gasteiger partial charge < -0.3 is 9.84 Å². The van der Waals surface area contributed by atoms with Gasteiger partial charge in [0.2, 0.25) is 11.7 Å². The molecule has 0 aliphatic carbocycles. The fourth-order valence-corrected chi connectivity index (χ4v) is 3.39. The topological polar surface area (TPSA) is 92.3 Å². The first-order chi connectivity index (χ1) is 14.3. The first-order valence-corrected chi connectivity index (χ1v) is 9.61. The number of carbonyl (C=O) groups is 1. The van der Waals surface area contributed by atoms with E-state index in [4.69, 9.17) is 27.9 Å². The van der Waals surface area contributed by atoms with Crippen molar-refractivity contribution < 1.29 is 14.6 Å². The van der Waals surface area contributed by atoms with Gasteiger partial charge in [-0.25, -0.2) is 0 Å². The Balaban J connectivity index is 2.03. The van der Waals surface area contributed by atoms with Gasteiger partial charge in [0.25, 0.3) is 5.56 Å². The molecule has 0 radical (unpaired) electrons. The third-order valence-corrected chi connectivity index (χ3v) is 5.24. The molecule has 0 aliphatic rings. The van der Waals surface area contributed by atoms with E-state index in [2.05, 4.69) is 0 Å². The predicted octanol–water partition coefficient (Wildman–Crippen LogP) is 4.35. The van der Waals surface area contributed by atoms with Crippen molar-refractivity contribution in [2.75, 3.05) is 6.61 Å². The molecule has 1 N–H and O–H groups in total. The lowest BCUT2D eigenvalue weighted by atomic mass is 10.0. The molecule has 2 aromatic carbocycles. The van der Waals surface area contributed by atoms with Gasteiger partial charge in [-0.2, -0.15) is 5.26 Å². The lowest BCUT2D eigenvalue weighted by Gasteiger charge is -2.16. The van der Waals surface area contributed by atoms with Gasteiger partial charge in [-0.15, -0.1) is 0 Å². The molecule has 8 heteroatoms. The van der Waals surface area contributed by atoms with Gasteiger partial charge in [0.1, 0.15) is 17.4 Å². The lowest BCUT2D eigenvalue weighted by Crippen LogP contribution is -2.28. The molecule has 0 spiro atoms. The van der Waals surface area contributed by atoms with E-state index in [-0.39, 0.29) is 23.2 Å². The van der Waals surface area contributed by atoms with Crippen molar-refractivity contribution in [3.8, 4) is 17.7 Å². The van der Waals surface area contributed by atoms with Gasteiger partial charge in [-0.1, -0.05) is 53.5 Å². The van der Waals surface area contributed by atoms with Crippen LogP contribution in [-0.2, 0) is 6.54 Å². The molecule has 0 unspecified atom stereocenters. The van der Waals surface area contributed by atoms with E-state index in [0.29, 0.717) is 21.4 Å². The number of carbonyl (C=O) groups excluding carboxylic acids is 1. The standard InChI is InChI=1S/C22H16Cl2N2O4/c1-13-15(10-25)21(28)26(11-14-6-2-3-7-16(14)23)22(29)20(13)18(27)12-30-19-9-5-4-8-17(19)24/h2-9,29H,11-12H2,1H3. The molecule has 1 aromatic heterocycles. The Hall–Kier alpha value is -3.27. The summed E-state index contributed by atoms with van der Waals surface area (Å²) in [6, 6.07) is 15.2. The molecule has 3 aromatic rings. The number of nitriles is 1. The van der Waals surface area contributed by atoms with E-state index in [1.54, 1.807) is 48.5 Å². The second kappa shape index (κ2) is 9.04. The zero-order chi connectivity index (χ0) is 21.8. The molecule has 1 heterocycles. The van der Waals surface area contributed by atoms with Gasteiger partial charge in [-0.05, 0) is 36.2 Å². The van der Waals surface area contributed by atoms with Crippen LogP contribution in [0.3, 0.4) is 0 Å². The highest BCUT2D eigenvalue weighted by atomic mass is 35.5. The minimum absolute atomic E-state index is 0.0863. The maximum atomic E-state index is 12.8. The maximum absolute atomic E-state index is 12.8. The molecule has 0 atom stereocenters. The Morgan fingerprint density at radius 3 is 2.40 bits per heavy atom. The summed E-state index contributed by atoms with van der Waals surface area (Å²) in [6.07, 6.45) is 0. The number of ketones is 1. The fourth-order valence-electron chi connectivity index (χ4n) is 3.01. The Morgan fingerprint density at radius 2 is 1.77 bits per heavy atom. The molecule has 0 saturated heterocycles. The molecular formula is C22H16Cl2N2O4. The minimum atomic E-state index is -0.712. The number of Topliss-reactive ketones (excluding diaryl/α,β-unsaturated/α-hetero) is 1. The van der Waals surface area contributed by atoms with Crippen molar-refractivity contribution in [3.63, 3.8) is 0 Å². The number of para-hydroxylation sites is 1. The van der Waals surface area contributed by atoms with E-state index in [1.165, 1.54) is 6.92 Å². The molecule has 0 aliphatic heterocycles. The third-order valence-electron chi connectivity index (χ3n) is 4.56. The van der Waals surface area contributed by atoms with E-state index < -0.39 is 23.8 Å². The van der Waals surface area contributed by atoms with Crippen LogP contribution in [0.2, 0.25) is 10.0 Å². The molecule has 0 fully saturated rings. The van der Waals surface area contributed by atoms with Crippen LogP contribution in [0, 0.1) is 18.3 Å². The molecule has 6 nitrogen and oxygen atoms in total. The average Bonchev–Trinajstić information content (AvgIpc) is 2.72. The molecule has 3 rings (SSSR count). The second-order valence-electron chi connectivity index (χ2n) is 6.44. The Bertz CT molecular complexity index is 1230. The summed E-state index contributed by atoms with van der Waals surface area (Å²) in [5, 5.41) is 20.9. The number of pyridine rings is 1. The highest BCUT2D eigenvalue weighted by Gasteiger charge is 2.24. The van der Waals surface area contributed by atoms with Gasteiger partial charge in [0.15, 0.2) is 6.61 Å². The summed E-state index contributed by atoms with van der Waals surface area (Å²) in [4.78, 5) is 25.6.